The summed E-state index contributed by atoms with van der Waals surface area (Å²) in [5.74, 6) is -9.12. The van der Waals surface area contributed by atoms with Gasteiger partial charge in [-0.3, -0.25) is 19.2 Å². The van der Waals surface area contributed by atoms with Crippen LogP contribution in [0.4, 0.5) is 0 Å². The van der Waals surface area contributed by atoms with E-state index in [1.165, 1.54) is 0 Å². The molecule has 0 radical (unpaired) electrons. The molecular weight excluding hydrogens is 380 g/mol. The van der Waals surface area contributed by atoms with Gasteiger partial charge in [0.05, 0.1) is 11.8 Å². The van der Waals surface area contributed by atoms with Crippen LogP contribution in [0.25, 0.3) is 0 Å². The van der Waals surface area contributed by atoms with Crippen molar-refractivity contribution in [3.05, 3.63) is 71.8 Å². The minimum Gasteiger partial charge on any atom is -0.481 e. The zero-order valence-corrected chi connectivity index (χ0v) is 15.2. The molecule has 1 fully saturated rings. The Balaban J connectivity index is 1.82. The third-order valence-electron chi connectivity index (χ3n) is 4.84. The first kappa shape index (κ1) is 20.1. The molecule has 8 heteroatoms. The second kappa shape index (κ2) is 8.14. The summed E-state index contributed by atoms with van der Waals surface area (Å²) in [7, 11) is 0. The lowest BCUT2D eigenvalue weighted by atomic mass is 10.0. The highest BCUT2D eigenvalue weighted by atomic mass is 16.6. The number of rotatable bonds is 8. The smallest absolute Gasteiger partial charge is 0.325 e. The fourth-order valence-electron chi connectivity index (χ4n) is 3.34. The van der Waals surface area contributed by atoms with Crippen molar-refractivity contribution in [2.24, 2.45) is 17.3 Å². The second-order valence-corrected chi connectivity index (χ2v) is 6.62. The van der Waals surface area contributed by atoms with Gasteiger partial charge in [0.1, 0.15) is 13.2 Å². The van der Waals surface area contributed by atoms with Gasteiger partial charge in [-0.2, -0.15) is 0 Å². The van der Waals surface area contributed by atoms with Crippen molar-refractivity contribution in [3.63, 3.8) is 0 Å². The molecule has 0 amide bonds. The lowest BCUT2D eigenvalue weighted by Crippen LogP contribution is -2.35. The van der Waals surface area contributed by atoms with Crippen molar-refractivity contribution >= 4 is 23.9 Å². The Hall–Kier alpha value is -3.68. The molecule has 0 bridgehead atoms. The summed E-state index contributed by atoms with van der Waals surface area (Å²) in [5.41, 5.74) is -1.21. The number of hydrogen-bond donors (Lipinski definition) is 2. The van der Waals surface area contributed by atoms with Gasteiger partial charge in [0, 0.05) is 0 Å². The number of carbonyl (C=O) groups excluding carboxylic acids is 2. The summed E-state index contributed by atoms with van der Waals surface area (Å²) in [5, 5.41) is 18.8. The zero-order chi connectivity index (χ0) is 21.0. The lowest BCUT2D eigenvalue weighted by molar-refractivity contribution is -0.171. The van der Waals surface area contributed by atoms with E-state index < -0.39 is 41.1 Å². The largest absolute Gasteiger partial charge is 0.481 e. The summed E-state index contributed by atoms with van der Waals surface area (Å²) < 4.78 is 10.2. The topological polar surface area (TPSA) is 127 Å². The first-order valence-corrected chi connectivity index (χ1v) is 8.77. The van der Waals surface area contributed by atoms with Crippen LogP contribution >= 0.6 is 0 Å². The number of carbonyl (C=O) groups is 4. The quantitative estimate of drug-likeness (QED) is 0.510. The van der Waals surface area contributed by atoms with E-state index in [4.69, 9.17) is 9.47 Å². The molecule has 2 N–H and O–H groups in total. The normalized spacial score (nSPS) is 19.0. The Kier molecular flexibility index (Phi) is 5.63. The molecule has 1 saturated carbocycles. The molecule has 150 valence electrons. The highest BCUT2D eigenvalue weighted by molar-refractivity contribution is 6.14. The Morgan fingerprint density at radius 2 is 1.03 bits per heavy atom. The van der Waals surface area contributed by atoms with Gasteiger partial charge in [0.25, 0.3) is 0 Å². The van der Waals surface area contributed by atoms with Crippen molar-refractivity contribution in [2.75, 3.05) is 0 Å². The average Bonchev–Trinajstić information content (AvgIpc) is 3.44. The van der Waals surface area contributed by atoms with E-state index in [0.717, 1.165) is 0 Å². The van der Waals surface area contributed by atoms with Crippen LogP contribution in [0.15, 0.2) is 60.7 Å². The molecule has 1 aliphatic carbocycles. The number of ether oxygens (including phenoxy) is 2. The minimum atomic E-state index is -2.42. The highest BCUT2D eigenvalue weighted by Crippen LogP contribution is 2.61. The molecule has 0 unspecified atom stereocenters. The molecule has 0 saturated heterocycles. The van der Waals surface area contributed by atoms with Gasteiger partial charge in [-0.25, -0.2) is 0 Å². The van der Waals surface area contributed by atoms with Crippen LogP contribution in [0.1, 0.15) is 11.1 Å². The number of carboxylic acids is 2. The molecule has 8 nitrogen and oxygen atoms in total. The van der Waals surface area contributed by atoms with Crippen molar-refractivity contribution < 1.29 is 38.9 Å². The molecule has 2 aromatic rings. The van der Waals surface area contributed by atoms with Gasteiger partial charge in [0.2, 0.25) is 0 Å². The third-order valence-corrected chi connectivity index (χ3v) is 4.84. The van der Waals surface area contributed by atoms with Gasteiger partial charge in [-0.15, -0.1) is 0 Å². The van der Waals surface area contributed by atoms with Crippen LogP contribution in [0.3, 0.4) is 0 Å². The summed E-state index contributed by atoms with van der Waals surface area (Å²) in [6.07, 6.45) is 0. The molecular formula is C21H18O8. The molecule has 0 heterocycles. The molecule has 2 atom stereocenters. The summed E-state index contributed by atoms with van der Waals surface area (Å²) in [4.78, 5) is 48.6. The number of aliphatic carboxylic acids is 2. The zero-order valence-electron chi connectivity index (χ0n) is 15.2. The molecule has 0 aliphatic heterocycles. The third kappa shape index (κ3) is 3.82. The van der Waals surface area contributed by atoms with E-state index in [2.05, 4.69) is 0 Å². The van der Waals surface area contributed by atoms with Gasteiger partial charge in [-0.1, -0.05) is 60.7 Å². The maximum atomic E-state index is 12.7. The Morgan fingerprint density at radius 1 is 0.690 bits per heavy atom. The first-order valence-electron chi connectivity index (χ1n) is 8.77. The van der Waals surface area contributed by atoms with Gasteiger partial charge >= 0.3 is 23.9 Å². The maximum absolute atomic E-state index is 12.7. The van der Waals surface area contributed by atoms with E-state index in [1.54, 1.807) is 60.7 Å². The van der Waals surface area contributed by atoms with Crippen LogP contribution in [-0.2, 0) is 41.9 Å². The van der Waals surface area contributed by atoms with Crippen molar-refractivity contribution in [1.82, 2.24) is 0 Å². The molecule has 2 aromatic carbocycles. The standard InChI is InChI=1S/C21H18O8/c22-17(23)15-16(18(24)25)21(15,19(26)28-11-13-7-3-1-4-8-13)20(27)29-12-14-9-5-2-6-10-14/h1-10,15-16H,11-12H2,(H,22,23)(H,24,25)/t15-,16-/m1/s1. The monoisotopic (exact) mass is 398 g/mol. The predicted octanol–water partition coefficient (Wildman–Crippen LogP) is 1.87. The second-order valence-electron chi connectivity index (χ2n) is 6.62. The molecule has 0 spiro atoms. The van der Waals surface area contributed by atoms with Crippen LogP contribution in [0, 0.1) is 17.3 Å². The number of hydrogen-bond acceptors (Lipinski definition) is 6. The van der Waals surface area contributed by atoms with Crippen LogP contribution < -0.4 is 0 Å². The fourth-order valence-corrected chi connectivity index (χ4v) is 3.34. The Bertz CT molecular complexity index is 845. The predicted molar refractivity (Wildman–Crippen MR) is 97.2 cm³/mol. The Morgan fingerprint density at radius 3 is 1.34 bits per heavy atom. The van der Waals surface area contributed by atoms with E-state index in [0.29, 0.717) is 11.1 Å². The molecule has 0 aromatic heterocycles. The summed E-state index contributed by atoms with van der Waals surface area (Å²) in [6.45, 7) is -0.460. The molecule has 29 heavy (non-hydrogen) atoms. The van der Waals surface area contributed by atoms with Gasteiger partial charge < -0.3 is 19.7 Å². The van der Waals surface area contributed by atoms with Crippen LogP contribution in [0.5, 0.6) is 0 Å². The highest BCUT2D eigenvalue weighted by Gasteiger charge is 2.83. The summed E-state index contributed by atoms with van der Waals surface area (Å²) in [6, 6.07) is 17.1. The van der Waals surface area contributed by atoms with Crippen LogP contribution in [-0.4, -0.2) is 34.1 Å². The van der Waals surface area contributed by atoms with Crippen LogP contribution in [0.2, 0.25) is 0 Å². The number of esters is 2. The Labute approximate surface area is 165 Å². The van der Waals surface area contributed by atoms with E-state index in [9.17, 15) is 29.4 Å². The van der Waals surface area contributed by atoms with E-state index in [1.807, 2.05) is 0 Å². The van der Waals surface area contributed by atoms with E-state index in [-0.39, 0.29) is 13.2 Å². The fraction of sp³-hybridized carbons (Fsp3) is 0.238. The van der Waals surface area contributed by atoms with E-state index >= 15 is 0 Å². The van der Waals surface area contributed by atoms with Gasteiger partial charge in [0.15, 0.2) is 5.41 Å². The van der Waals surface area contributed by atoms with Crippen molar-refractivity contribution in [3.8, 4) is 0 Å². The lowest BCUT2D eigenvalue weighted by Gasteiger charge is -2.16. The van der Waals surface area contributed by atoms with Gasteiger partial charge in [-0.05, 0) is 11.1 Å². The molecule has 3 rings (SSSR count). The minimum absolute atomic E-state index is 0.230. The van der Waals surface area contributed by atoms with Crippen molar-refractivity contribution in [1.29, 1.82) is 0 Å². The maximum Gasteiger partial charge on any atom is 0.325 e. The number of benzene rings is 2. The SMILES string of the molecule is O=C(O)[C@H]1[C@H](C(=O)O)C1(C(=O)OCc1ccccc1)C(=O)OCc1ccccc1. The van der Waals surface area contributed by atoms with Crippen molar-refractivity contribution in [2.45, 2.75) is 13.2 Å². The molecule has 1 aliphatic rings. The number of carboxylic acid groups (broad SMARTS) is 2. The summed E-state index contributed by atoms with van der Waals surface area (Å²) >= 11 is 0. The first-order chi connectivity index (χ1) is 13.9. The average molecular weight is 398 g/mol.